The molecular formula is C21H34N4O6S2. The zero-order valence-electron chi connectivity index (χ0n) is 19.2. The SMILES string of the molecule is COc1cc2c(cc1OC)[C@@H]1C[C@H]3[C@H](CCCN3S(=O)(=O)CCCNS(N)(=O)=O)CN1CC2. The van der Waals surface area contributed by atoms with E-state index in [9.17, 15) is 16.8 Å². The van der Waals surface area contributed by atoms with Crippen molar-refractivity contribution in [3.05, 3.63) is 23.3 Å². The predicted octanol–water partition coefficient (Wildman–Crippen LogP) is 0.600. The summed E-state index contributed by atoms with van der Waals surface area (Å²) in [6.45, 7) is 2.34. The van der Waals surface area contributed by atoms with Crippen molar-refractivity contribution in [2.24, 2.45) is 11.1 Å². The van der Waals surface area contributed by atoms with Gasteiger partial charge in [-0.25, -0.2) is 18.3 Å². The number of hydrogen-bond donors (Lipinski definition) is 2. The van der Waals surface area contributed by atoms with Crippen molar-refractivity contribution in [2.45, 2.75) is 44.2 Å². The summed E-state index contributed by atoms with van der Waals surface area (Å²) in [5.41, 5.74) is 2.42. The molecular weight excluding hydrogens is 468 g/mol. The number of methoxy groups -OCH3 is 2. The summed E-state index contributed by atoms with van der Waals surface area (Å²) in [4.78, 5) is 2.49. The van der Waals surface area contributed by atoms with E-state index in [1.54, 1.807) is 18.5 Å². The molecule has 0 aromatic heterocycles. The highest BCUT2D eigenvalue weighted by Gasteiger charge is 2.45. The Morgan fingerprint density at radius 3 is 2.55 bits per heavy atom. The van der Waals surface area contributed by atoms with Crippen molar-refractivity contribution in [1.82, 2.24) is 13.9 Å². The summed E-state index contributed by atoms with van der Waals surface area (Å²) in [6, 6.07) is 4.17. The van der Waals surface area contributed by atoms with Gasteiger partial charge in [0, 0.05) is 38.3 Å². The van der Waals surface area contributed by atoms with Crippen molar-refractivity contribution in [3.63, 3.8) is 0 Å². The lowest BCUT2D eigenvalue weighted by Crippen LogP contribution is -2.57. The van der Waals surface area contributed by atoms with Gasteiger partial charge in [-0.15, -0.1) is 0 Å². The first-order valence-electron chi connectivity index (χ1n) is 11.4. The molecule has 2 fully saturated rings. The summed E-state index contributed by atoms with van der Waals surface area (Å²) in [6.07, 6.45) is 3.72. The molecule has 0 saturated carbocycles. The van der Waals surface area contributed by atoms with Crippen LogP contribution in [0.3, 0.4) is 0 Å². The van der Waals surface area contributed by atoms with Crippen molar-refractivity contribution in [3.8, 4) is 11.5 Å². The summed E-state index contributed by atoms with van der Waals surface area (Å²) in [5.74, 6) is 1.60. The number of sulfonamides is 1. The van der Waals surface area contributed by atoms with Crippen LogP contribution >= 0.6 is 0 Å². The quantitative estimate of drug-likeness (QED) is 0.498. The molecule has 3 N–H and O–H groups in total. The minimum Gasteiger partial charge on any atom is -0.493 e. The Hall–Kier alpha value is -1.44. The van der Waals surface area contributed by atoms with Crippen molar-refractivity contribution in [1.29, 1.82) is 0 Å². The molecule has 3 atom stereocenters. The van der Waals surface area contributed by atoms with E-state index in [0.29, 0.717) is 24.0 Å². The number of hydrogen-bond acceptors (Lipinski definition) is 7. The highest BCUT2D eigenvalue weighted by molar-refractivity contribution is 7.89. The highest BCUT2D eigenvalue weighted by Crippen LogP contribution is 2.46. The molecule has 0 spiro atoms. The first-order valence-corrected chi connectivity index (χ1v) is 14.5. The molecule has 3 heterocycles. The van der Waals surface area contributed by atoms with E-state index < -0.39 is 20.2 Å². The Morgan fingerprint density at radius 1 is 1.12 bits per heavy atom. The maximum absolute atomic E-state index is 13.2. The van der Waals surface area contributed by atoms with Gasteiger partial charge in [-0.05, 0) is 61.3 Å². The fourth-order valence-electron chi connectivity index (χ4n) is 5.66. The van der Waals surface area contributed by atoms with E-state index in [2.05, 4.69) is 9.62 Å². The van der Waals surface area contributed by atoms with E-state index >= 15 is 0 Å². The van der Waals surface area contributed by atoms with E-state index in [4.69, 9.17) is 14.6 Å². The number of benzene rings is 1. The lowest BCUT2D eigenvalue weighted by molar-refractivity contribution is 0.0218. The molecule has 1 aromatic rings. The molecule has 0 amide bonds. The van der Waals surface area contributed by atoms with Gasteiger partial charge in [0.2, 0.25) is 10.0 Å². The molecule has 10 nitrogen and oxygen atoms in total. The Kier molecular flexibility index (Phi) is 7.23. The third-order valence-corrected chi connectivity index (χ3v) is 9.73. The van der Waals surface area contributed by atoms with Crippen LogP contribution in [0, 0.1) is 5.92 Å². The second-order valence-electron chi connectivity index (χ2n) is 9.09. The third-order valence-electron chi connectivity index (χ3n) is 7.15. The minimum atomic E-state index is -3.82. The van der Waals surface area contributed by atoms with E-state index in [1.165, 1.54) is 11.1 Å². The first-order chi connectivity index (χ1) is 15.6. The zero-order valence-corrected chi connectivity index (χ0v) is 20.8. The molecule has 0 radical (unpaired) electrons. The molecule has 4 rings (SSSR count). The number of nitrogens with two attached hydrogens (primary N) is 1. The fraction of sp³-hybridized carbons (Fsp3) is 0.714. The molecule has 186 valence electrons. The number of fused-ring (bicyclic) bond motifs is 4. The Balaban J connectivity index is 1.54. The van der Waals surface area contributed by atoms with Gasteiger partial charge in [0.25, 0.3) is 10.2 Å². The third kappa shape index (κ3) is 5.30. The van der Waals surface area contributed by atoms with Crippen LogP contribution in [0.1, 0.15) is 42.9 Å². The average Bonchev–Trinajstić information content (AvgIpc) is 2.78. The number of rotatable bonds is 8. The Labute approximate surface area is 196 Å². The largest absolute Gasteiger partial charge is 0.493 e. The monoisotopic (exact) mass is 502 g/mol. The molecule has 0 bridgehead atoms. The maximum atomic E-state index is 13.2. The van der Waals surface area contributed by atoms with E-state index in [0.717, 1.165) is 38.8 Å². The number of nitrogens with zero attached hydrogens (tertiary/aromatic N) is 2. The molecule has 2 saturated heterocycles. The lowest BCUT2D eigenvalue weighted by atomic mass is 9.77. The number of ether oxygens (including phenoxy) is 2. The molecule has 0 aliphatic carbocycles. The van der Waals surface area contributed by atoms with E-state index in [-0.39, 0.29) is 30.8 Å². The van der Waals surface area contributed by atoms with Crippen LogP contribution in [0.25, 0.3) is 0 Å². The predicted molar refractivity (Wildman–Crippen MR) is 125 cm³/mol. The fourth-order valence-corrected chi connectivity index (χ4v) is 7.91. The number of piperidine rings is 2. The van der Waals surface area contributed by atoms with Gasteiger partial charge in [-0.2, -0.15) is 12.7 Å². The maximum Gasteiger partial charge on any atom is 0.274 e. The van der Waals surface area contributed by atoms with Crippen LogP contribution in [0.15, 0.2) is 12.1 Å². The summed E-state index contributed by atoms with van der Waals surface area (Å²) in [5, 5.41) is 4.94. The van der Waals surface area contributed by atoms with Crippen molar-refractivity contribution in [2.75, 3.05) is 46.2 Å². The molecule has 3 aliphatic heterocycles. The van der Waals surface area contributed by atoms with Gasteiger partial charge in [-0.1, -0.05) is 0 Å². The van der Waals surface area contributed by atoms with Gasteiger partial charge in [0.15, 0.2) is 11.5 Å². The van der Waals surface area contributed by atoms with Gasteiger partial charge in [-0.3, -0.25) is 4.90 Å². The molecule has 3 aliphatic rings. The van der Waals surface area contributed by atoms with Crippen LogP contribution in [-0.4, -0.2) is 78.2 Å². The summed E-state index contributed by atoms with van der Waals surface area (Å²) < 4.78 is 63.4. The lowest BCUT2D eigenvalue weighted by Gasteiger charge is -2.51. The van der Waals surface area contributed by atoms with Crippen LogP contribution in [0.5, 0.6) is 11.5 Å². The second kappa shape index (κ2) is 9.67. The normalized spacial score (nSPS) is 26.2. The van der Waals surface area contributed by atoms with Crippen LogP contribution in [0.4, 0.5) is 0 Å². The van der Waals surface area contributed by atoms with E-state index in [1.807, 2.05) is 12.1 Å². The van der Waals surface area contributed by atoms with Gasteiger partial charge in [0.05, 0.1) is 20.0 Å². The van der Waals surface area contributed by atoms with Gasteiger partial charge >= 0.3 is 0 Å². The standard InChI is InChI=1S/C21H34N4O6S2/c1-30-20-11-15-6-9-24-14-16-5-3-8-25(32(26,27)10-4-7-23-33(22,28)29)18(16)13-19(24)17(15)12-21(20)31-2/h11-12,16,18-19,23H,3-10,13-14H2,1-2H3,(H2,22,28,29)/t16-,18+,19+/m1/s1. The minimum absolute atomic E-state index is 0.00536. The van der Waals surface area contributed by atoms with Gasteiger partial charge < -0.3 is 9.47 Å². The van der Waals surface area contributed by atoms with Crippen molar-refractivity contribution >= 4 is 20.2 Å². The summed E-state index contributed by atoms with van der Waals surface area (Å²) in [7, 11) is -4.08. The highest BCUT2D eigenvalue weighted by atomic mass is 32.2. The number of nitrogens with one attached hydrogen (secondary N) is 1. The Bertz CT molecular complexity index is 1080. The Morgan fingerprint density at radius 2 is 1.85 bits per heavy atom. The average molecular weight is 503 g/mol. The van der Waals surface area contributed by atoms with Gasteiger partial charge in [0.1, 0.15) is 0 Å². The van der Waals surface area contributed by atoms with Crippen molar-refractivity contribution < 1.29 is 26.3 Å². The molecule has 33 heavy (non-hydrogen) atoms. The van der Waals surface area contributed by atoms with Crippen LogP contribution in [0.2, 0.25) is 0 Å². The van der Waals surface area contributed by atoms with Crippen LogP contribution in [-0.2, 0) is 26.7 Å². The second-order valence-corrected chi connectivity index (χ2v) is 12.5. The van der Waals surface area contributed by atoms with Crippen LogP contribution < -0.4 is 19.3 Å². The smallest absolute Gasteiger partial charge is 0.274 e. The summed E-state index contributed by atoms with van der Waals surface area (Å²) >= 11 is 0. The molecule has 1 aromatic carbocycles. The molecule has 12 heteroatoms. The topological polar surface area (TPSA) is 131 Å². The first kappa shape index (κ1) is 24.7. The molecule has 0 unspecified atom stereocenters. The zero-order chi connectivity index (χ0) is 23.8.